The van der Waals surface area contributed by atoms with Gasteiger partial charge in [-0.2, -0.15) is 0 Å². The molecule has 4 nitrogen and oxygen atoms in total. The van der Waals surface area contributed by atoms with E-state index in [0.29, 0.717) is 11.3 Å². The van der Waals surface area contributed by atoms with Gasteiger partial charge >= 0.3 is 0 Å². The summed E-state index contributed by atoms with van der Waals surface area (Å²) in [5.41, 5.74) is 2.80. The lowest BCUT2D eigenvalue weighted by Crippen LogP contribution is -2.22. The van der Waals surface area contributed by atoms with Gasteiger partial charge in [0.15, 0.2) is 0 Å². The van der Waals surface area contributed by atoms with Crippen LogP contribution in [-0.4, -0.2) is 36.2 Å². The molecule has 2 aromatic rings. The maximum Gasteiger partial charge on any atom is 0.271 e. The molecule has 1 aromatic carbocycles. The van der Waals surface area contributed by atoms with Gasteiger partial charge in [-0.05, 0) is 17.7 Å². The van der Waals surface area contributed by atoms with Gasteiger partial charge in [0, 0.05) is 31.4 Å². The third-order valence-corrected chi connectivity index (χ3v) is 2.74. The number of aromatic nitrogens is 1. The molecule has 0 bridgehead atoms. The number of carbonyl (C=O) groups excluding carboxylic acids is 2. The Kier molecular flexibility index (Phi) is 3.71. The lowest BCUT2D eigenvalue weighted by molar-refractivity contribution is 0.0822. The minimum Gasteiger partial charge on any atom is -0.343 e. The minimum absolute atomic E-state index is 0.131. The van der Waals surface area contributed by atoms with Crippen LogP contribution >= 0.6 is 0 Å². The van der Waals surface area contributed by atoms with E-state index >= 15 is 0 Å². The standard InChI is InChI=1S/C15H14N2O2/c1-17(2)15(19)14-7-6-13(9-16-14)12-5-3-4-11(8-12)10-18/h3-10H,1-2H3. The fourth-order valence-electron chi connectivity index (χ4n) is 1.71. The smallest absolute Gasteiger partial charge is 0.271 e. The third-order valence-electron chi connectivity index (χ3n) is 2.74. The van der Waals surface area contributed by atoms with E-state index in [0.717, 1.165) is 17.4 Å². The number of hydrogen-bond acceptors (Lipinski definition) is 3. The molecule has 0 aliphatic heterocycles. The highest BCUT2D eigenvalue weighted by molar-refractivity contribution is 5.92. The van der Waals surface area contributed by atoms with E-state index in [2.05, 4.69) is 4.98 Å². The van der Waals surface area contributed by atoms with Crippen molar-refractivity contribution in [3.05, 3.63) is 53.9 Å². The highest BCUT2D eigenvalue weighted by Crippen LogP contribution is 2.19. The Bertz CT molecular complexity index is 604. The van der Waals surface area contributed by atoms with E-state index in [9.17, 15) is 9.59 Å². The van der Waals surface area contributed by atoms with Gasteiger partial charge in [-0.15, -0.1) is 0 Å². The molecule has 2 rings (SSSR count). The lowest BCUT2D eigenvalue weighted by Gasteiger charge is -2.09. The molecule has 1 heterocycles. The average Bonchev–Trinajstić information content (AvgIpc) is 2.46. The molecule has 0 atom stereocenters. The first kappa shape index (κ1) is 13.0. The van der Waals surface area contributed by atoms with Gasteiger partial charge in [0.2, 0.25) is 0 Å². The van der Waals surface area contributed by atoms with Crippen molar-refractivity contribution in [3.63, 3.8) is 0 Å². The molecule has 4 heteroatoms. The van der Waals surface area contributed by atoms with Crippen LogP contribution in [0.1, 0.15) is 20.8 Å². The summed E-state index contributed by atoms with van der Waals surface area (Å²) < 4.78 is 0. The Labute approximate surface area is 111 Å². The zero-order valence-electron chi connectivity index (χ0n) is 10.8. The summed E-state index contributed by atoms with van der Waals surface area (Å²) in [6.45, 7) is 0. The molecule has 0 spiro atoms. The van der Waals surface area contributed by atoms with Crippen LogP contribution in [0.5, 0.6) is 0 Å². The van der Waals surface area contributed by atoms with Crippen LogP contribution in [0.15, 0.2) is 42.6 Å². The number of carbonyl (C=O) groups is 2. The fourth-order valence-corrected chi connectivity index (χ4v) is 1.71. The molecule has 0 N–H and O–H groups in total. The largest absolute Gasteiger partial charge is 0.343 e. The number of aldehydes is 1. The first-order valence-electron chi connectivity index (χ1n) is 5.85. The van der Waals surface area contributed by atoms with E-state index in [1.54, 1.807) is 38.5 Å². The van der Waals surface area contributed by atoms with Crippen molar-refractivity contribution in [1.29, 1.82) is 0 Å². The van der Waals surface area contributed by atoms with Crippen molar-refractivity contribution in [2.75, 3.05) is 14.1 Å². The van der Waals surface area contributed by atoms with Gasteiger partial charge < -0.3 is 4.90 Å². The van der Waals surface area contributed by atoms with Crippen molar-refractivity contribution < 1.29 is 9.59 Å². The maximum absolute atomic E-state index is 11.7. The summed E-state index contributed by atoms with van der Waals surface area (Å²) in [5, 5.41) is 0. The predicted molar refractivity (Wildman–Crippen MR) is 73.1 cm³/mol. The third kappa shape index (κ3) is 2.85. The number of rotatable bonds is 3. The molecule has 0 aliphatic carbocycles. The minimum atomic E-state index is -0.131. The van der Waals surface area contributed by atoms with Crippen molar-refractivity contribution in [1.82, 2.24) is 9.88 Å². The van der Waals surface area contributed by atoms with Crippen molar-refractivity contribution in [2.45, 2.75) is 0 Å². The monoisotopic (exact) mass is 254 g/mol. The van der Waals surface area contributed by atoms with Crippen molar-refractivity contribution in [2.24, 2.45) is 0 Å². The molecule has 96 valence electrons. The molecule has 19 heavy (non-hydrogen) atoms. The lowest BCUT2D eigenvalue weighted by atomic mass is 10.0. The number of pyridine rings is 1. The van der Waals surface area contributed by atoms with E-state index in [4.69, 9.17) is 0 Å². The normalized spacial score (nSPS) is 10.0. The van der Waals surface area contributed by atoms with E-state index in [1.165, 1.54) is 4.90 Å². The first-order chi connectivity index (χ1) is 9.11. The zero-order valence-corrected chi connectivity index (χ0v) is 10.8. The molecule has 1 amide bonds. The van der Waals surface area contributed by atoms with Crippen LogP contribution in [0.4, 0.5) is 0 Å². The molecule has 0 unspecified atom stereocenters. The van der Waals surface area contributed by atoms with E-state index in [-0.39, 0.29) is 5.91 Å². The van der Waals surface area contributed by atoms with Gasteiger partial charge in [0.25, 0.3) is 5.91 Å². The summed E-state index contributed by atoms with van der Waals surface area (Å²) in [6, 6.07) is 10.8. The van der Waals surface area contributed by atoms with Crippen molar-refractivity contribution >= 4 is 12.2 Å². The SMILES string of the molecule is CN(C)C(=O)c1ccc(-c2cccc(C=O)c2)cn1. The maximum atomic E-state index is 11.7. The van der Waals surface area contributed by atoms with Gasteiger partial charge in [0.05, 0.1) is 0 Å². The molecule has 1 aromatic heterocycles. The second-order valence-corrected chi connectivity index (χ2v) is 4.38. The zero-order chi connectivity index (χ0) is 13.8. The van der Waals surface area contributed by atoms with Crippen LogP contribution in [-0.2, 0) is 0 Å². The number of benzene rings is 1. The Balaban J connectivity index is 2.32. The fraction of sp³-hybridized carbons (Fsp3) is 0.133. The van der Waals surface area contributed by atoms with E-state index < -0.39 is 0 Å². The highest BCUT2D eigenvalue weighted by atomic mass is 16.2. The van der Waals surface area contributed by atoms with Gasteiger partial charge in [-0.3, -0.25) is 14.6 Å². The topological polar surface area (TPSA) is 50.3 Å². The van der Waals surface area contributed by atoms with Crippen LogP contribution in [0.25, 0.3) is 11.1 Å². The van der Waals surface area contributed by atoms with Crippen molar-refractivity contribution in [3.8, 4) is 11.1 Å². The number of hydrogen-bond donors (Lipinski definition) is 0. The molecule has 0 radical (unpaired) electrons. The van der Waals surface area contributed by atoms with Gasteiger partial charge in [-0.25, -0.2) is 0 Å². The Hall–Kier alpha value is -2.49. The number of amides is 1. The quantitative estimate of drug-likeness (QED) is 0.789. The first-order valence-corrected chi connectivity index (χ1v) is 5.85. The molecular weight excluding hydrogens is 240 g/mol. The van der Waals surface area contributed by atoms with Gasteiger partial charge in [-0.1, -0.05) is 24.3 Å². The molecular formula is C15H14N2O2. The summed E-state index contributed by atoms with van der Waals surface area (Å²) in [4.78, 5) is 28.1. The van der Waals surface area contributed by atoms with E-state index in [1.807, 2.05) is 18.2 Å². The summed E-state index contributed by atoms with van der Waals surface area (Å²) in [6.07, 6.45) is 2.45. The molecule has 0 fully saturated rings. The van der Waals surface area contributed by atoms with Crippen LogP contribution < -0.4 is 0 Å². The number of nitrogens with zero attached hydrogens (tertiary/aromatic N) is 2. The van der Waals surface area contributed by atoms with Crippen LogP contribution in [0.2, 0.25) is 0 Å². The predicted octanol–water partition coefficient (Wildman–Crippen LogP) is 2.26. The highest BCUT2D eigenvalue weighted by Gasteiger charge is 2.09. The Morgan fingerprint density at radius 2 is 1.95 bits per heavy atom. The van der Waals surface area contributed by atoms with Crippen LogP contribution in [0.3, 0.4) is 0 Å². The summed E-state index contributed by atoms with van der Waals surface area (Å²) in [7, 11) is 3.37. The summed E-state index contributed by atoms with van der Waals surface area (Å²) in [5.74, 6) is -0.131. The average molecular weight is 254 g/mol. The molecule has 0 saturated heterocycles. The molecule has 0 aliphatic rings. The summed E-state index contributed by atoms with van der Waals surface area (Å²) >= 11 is 0. The Morgan fingerprint density at radius 1 is 1.16 bits per heavy atom. The Morgan fingerprint density at radius 3 is 2.53 bits per heavy atom. The second-order valence-electron chi connectivity index (χ2n) is 4.38. The van der Waals surface area contributed by atoms with Gasteiger partial charge in [0.1, 0.15) is 12.0 Å². The molecule has 0 saturated carbocycles. The van der Waals surface area contributed by atoms with Crippen LogP contribution in [0, 0.1) is 0 Å². The second kappa shape index (κ2) is 5.44.